The van der Waals surface area contributed by atoms with Gasteiger partial charge in [-0.1, -0.05) is 18.2 Å². The van der Waals surface area contributed by atoms with Crippen molar-refractivity contribution in [3.05, 3.63) is 104 Å². The minimum absolute atomic E-state index is 0.00960. The zero-order chi connectivity index (χ0) is 41.1. The van der Waals surface area contributed by atoms with Gasteiger partial charge in [0.05, 0.1) is 27.1 Å². The molecule has 4 aromatic rings. The van der Waals surface area contributed by atoms with Gasteiger partial charge < -0.3 is 50.0 Å². The molecule has 10 rings (SSSR count). The van der Waals surface area contributed by atoms with Crippen LogP contribution in [0, 0.1) is 10.1 Å². The SMILES string of the molecule is O=C1OC2(c3ccc(O)cc3Oc3cc(O)cc(Oc4cc(O)c(CC56C(C(=O)O)N5C6C(=O)O)c(CC56C(C(=O)O)N5C6C(=O)O)c4[N+](=O)[O-])c32)c2ccccc21. The molecule has 1 spiro atoms. The van der Waals surface area contributed by atoms with E-state index in [1.807, 2.05) is 0 Å². The third-order valence-electron chi connectivity index (χ3n) is 12.2. The maximum atomic E-state index is 13.5. The molecule has 4 fully saturated rings. The van der Waals surface area contributed by atoms with Crippen LogP contribution in [-0.4, -0.2) is 116 Å². The zero-order valence-electron chi connectivity index (χ0n) is 29.1. The van der Waals surface area contributed by atoms with E-state index in [1.165, 1.54) is 24.3 Å². The third kappa shape index (κ3) is 4.21. The predicted molar refractivity (Wildman–Crippen MR) is 185 cm³/mol. The van der Waals surface area contributed by atoms with Crippen molar-refractivity contribution in [2.75, 3.05) is 0 Å². The molecular formula is C38H25N3O17. The Labute approximate surface area is 322 Å². The van der Waals surface area contributed by atoms with Gasteiger partial charge in [0.1, 0.15) is 58.7 Å². The number of nitro groups is 1. The van der Waals surface area contributed by atoms with E-state index < -0.39 is 123 Å². The molecule has 7 N–H and O–H groups in total. The number of nitro benzene ring substituents is 1. The Bertz CT molecular complexity index is 2650. The van der Waals surface area contributed by atoms with Crippen molar-refractivity contribution in [2.24, 2.45) is 0 Å². The van der Waals surface area contributed by atoms with E-state index in [4.69, 9.17) is 14.2 Å². The molecule has 6 aliphatic rings. The number of phenolic OH excluding ortho intramolecular Hbond substituents is 3. The van der Waals surface area contributed by atoms with E-state index in [9.17, 15) is 69.8 Å². The summed E-state index contributed by atoms with van der Waals surface area (Å²) in [4.78, 5) is 76.4. The van der Waals surface area contributed by atoms with Crippen molar-refractivity contribution in [2.45, 2.75) is 53.7 Å². The van der Waals surface area contributed by atoms with Gasteiger partial charge in [-0.3, -0.25) is 39.1 Å². The Kier molecular flexibility index (Phi) is 6.57. The lowest BCUT2D eigenvalue weighted by Crippen LogP contribution is -2.38. The molecule has 0 saturated carbocycles. The van der Waals surface area contributed by atoms with Gasteiger partial charge in [0.2, 0.25) is 5.75 Å². The van der Waals surface area contributed by atoms with Gasteiger partial charge in [-0.05, 0) is 24.6 Å². The summed E-state index contributed by atoms with van der Waals surface area (Å²) in [6.45, 7) is 0. The van der Waals surface area contributed by atoms with Crippen LogP contribution in [0.3, 0.4) is 0 Å². The number of benzene rings is 4. The monoisotopic (exact) mass is 795 g/mol. The number of aliphatic carboxylic acids is 4. The van der Waals surface area contributed by atoms with E-state index in [0.717, 1.165) is 28.0 Å². The van der Waals surface area contributed by atoms with E-state index in [-0.39, 0.29) is 45.1 Å². The fraction of sp³-hybridized carbons (Fsp3) is 0.237. The smallest absolute Gasteiger partial charge is 0.340 e. The summed E-state index contributed by atoms with van der Waals surface area (Å²) in [5, 5.41) is 85.6. The summed E-state index contributed by atoms with van der Waals surface area (Å²) >= 11 is 0. The molecule has 6 heterocycles. The van der Waals surface area contributed by atoms with Crippen LogP contribution in [0.15, 0.2) is 60.7 Å². The van der Waals surface area contributed by atoms with Crippen LogP contribution in [-0.2, 0) is 42.4 Å². The van der Waals surface area contributed by atoms with Crippen LogP contribution >= 0.6 is 0 Å². The van der Waals surface area contributed by atoms with E-state index in [0.29, 0.717) is 0 Å². The molecule has 0 amide bonds. The number of carbonyl (C=O) groups excluding carboxylic acids is 1. The molecule has 0 aliphatic carbocycles. The molecule has 0 aromatic heterocycles. The first kappa shape index (κ1) is 35.0. The molecule has 20 heteroatoms. The van der Waals surface area contributed by atoms with Crippen molar-refractivity contribution in [1.29, 1.82) is 0 Å². The highest BCUT2D eigenvalue weighted by molar-refractivity contribution is 5.98. The summed E-state index contributed by atoms with van der Waals surface area (Å²) in [6, 6.07) is 7.76. The summed E-state index contributed by atoms with van der Waals surface area (Å²) < 4.78 is 18.5. The number of ether oxygens (including phenoxy) is 3. The lowest BCUT2D eigenvalue weighted by molar-refractivity contribution is -0.386. The Balaban J connectivity index is 1.17. The Hall–Kier alpha value is -7.45. The van der Waals surface area contributed by atoms with Crippen LogP contribution in [0.2, 0.25) is 0 Å². The first-order chi connectivity index (χ1) is 27.5. The largest absolute Gasteiger partial charge is 0.508 e. The van der Waals surface area contributed by atoms with E-state index in [1.54, 1.807) is 18.2 Å². The number of carboxylic acids is 4. The topological polar surface area (TPSA) is 304 Å². The average molecular weight is 796 g/mol. The van der Waals surface area contributed by atoms with Crippen molar-refractivity contribution >= 4 is 35.5 Å². The number of hydrogen-bond acceptors (Lipinski definition) is 15. The van der Waals surface area contributed by atoms with Crippen LogP contribution in [0.25, 0.3) is 0 Å². The fourth-order valence-electron chi connectivity index (χ4n) is 9.71. The van der Waals surface area contributed by atoms with Crippen LogP contribution in [0.4, 0.5) is 5.69 Å². The molecule has 58 heavy (non-hydrogen) atoms. The molecular weight excluding hydrogens is 770 g/mol. The number of rotatable bonds is 11. The van der Waals surface area contributed by atoms with Gasteiger partial charge in [-0.25, -0.2) is 4.79 Å². The number of carbonyl (C=O) groups is 5. The number of fused-ring (bicyclic) bond motifs is 8. The lowest BCUT2D eigenvalue weighted by atomic mass is 9.77. The summed E-state index contributed by atoms with van der Waals surface area (Å²) in [6.07, 6.45) is -1.26. The molecule has 20 nitrogen and oxygen atoms in total. The number of phenols is 3. The second-order valence-corrected chi connectivity index (χ2v) is 14.9. The van der Waals surface area contributed by atoms with Gasteiger partial charge in [-0.2, -0.15) is 0 Å². The quantitative estimate of drug-likeness (QED) is 0.0495. The standard InChI is InChI=1S/C38H25N3O17/c42-13-5-6-19-21(7-13)56-22-8-14(43)9-23(25(22)38(19)18-4-2-1-3-15(18)35(53)58-38)57-24-10-20(44)16(11-36-27(31(45)46)39(36)28(36)32(47)48)17(26(24)41(54)55)12-37-29(33(49)50)40(37)30(37)34(51)52/h1-10,27-30,42-44H,11-12H2,(H,45,46)(H,47,48)(H,49,50)(H,51,52). The number of hydrogen-bond donors (Lipinski definition) is 7. The highest BCUT2D eigenvalue weighted by atomic mass is 16.6. The van der Waals surface area contributed by atoms with Crippen molar-refractivity contribution < 1.29 is 78.9 Å². The van der Waals surface area contributed by atoms with Gasteiger partial charge in [-0.15, -0.1) is 0 Å². The second-order valence-electron chi connectivity index (χ2n) is 14.9. The molecule has 4 aromatic carbocycles. The fourth-order valence-corrected chi connectivity index (χ4v) is 9.71. The average Bonchev–Trinajstić information content (AvgIpc) is 4.06. The Morgan fingerprint density at radius 3 is 1.88 bits per heavy atom. The predicted octanol–water partition coefficient (Wildman–Crippen LogP) is 2.11. The van der Waals surface area contributed by atoms with Crippen LogP contribution < -0.4 is 9.47 Å². The number of carboxylic acid groups (broad SMARTS) is 4. The second kappa shape index (κ2) is 10.9. The maximum Gasteiger partial charge on any atom is 0.340 e. The summed E-state index contributed by atoms with van der Waals surface area (Å²) in [7, 11) is 0. The number of nitrogens with zero attached hydrogens (tertiary/aromatic N) is 3. The lowest BCUT2D eigenvalue weighted by Gasteiger charge is -2.37. The van der Waals surface area contributed by atoms with Crippen LogP contribution in [0.1, 0.15) is 38.2 Å². The minimum atomic E-state index is -1.92. The first-order valence-corrected chi connectivity index (χ1v) is 17.4. The summed E-state index contributed by atoms with van der Waals surface area (Å²) in [5.41, 5.74) is -6.46. The highest BCUT2D eigenvalue weighted by Crippen LogP contribution is 2.69. The van der Waals surface area contributed by atoms with Gasteiger partial charge in [0, 0.05) is 52.9 Å². The Morgan fingerprint density at radius 1 is 0.724 bits per heavy atom. The molecule has 294 valence electrons. The van der Waals surface area contributed by atoms with E-state index >= 15 is 0 Å². The third-order valence-corrected chi connectivity index (χ3v) is 12.2. The summed E-state index contributed by atoms with van der Waals surface area (Å²) in [5.74, 6) is -9.25. The number of aromatic hydroxyl groups is 3. The molecule has 4 saturated heterocycles. The first-order valence-electron chi connectivity index (χ1n) is 17.4. The van der Waals surface area contributed by atoms with Crippen LogP contribution in [0.5, 0.6) is 40.2 Å². The molecule has 0 bridgehead atoms. The zero-order valence-corrected chi connectivity index (χ0v) is 29.1. The van der Waals surface area contributed by atoms with Gasteiger partial charge >= 0.3 is 35.5 Å². The highest BCUT2D eigenvalue weighted by Gasteiger charge is 2.92. The normalized spacial score (nSPS) is 30.6. The van der Waals surface area contributed by atoms with Gasteiger partial charge in [0.15, 0.2) is 5.60 Å². The molecule has 5 atom stereocenters. The van der Waals surface area contributed by atoms with E-state index in [2.05, 4.69) is 0 Å². The minimum Gasteiger partial charge on any atom is -0.508 e. The molecule has 6 aliphatic heterocycles. The Morgan fingerprint density at radius 2 is 1.29 bits per heavy atom. The van der Waals surface area contributed by atoms with Crippen molar-refractivity contribution in [1.82, 2.24) is 9.80 Å². The molecule has 5 unspecified atom stereocenters. The molecule has 0 radical (unpaired) electrons. The van der Waals surface area contributed by atoms with Crippen molar-refractivity contribution in [3.8, 4) is 40.2 Å². The van der Waals surface area contributed by atoms with Gasteiger partial charge in [0.25, 0.3) is 0 Å². The number of esters is 1. The van der Waals surface area contributed by atoms with Crippen molar-refractivity contribution in [3.63, 3.8) is 0 Å². The maximum absolute atomic E-state index is 13.5.